The van der Waals surface area contributed by atoms with Gasteiger partial charge >= 0.3 is 0 Å². The van der Waals surface area contributed by atoms with Crippen LogP contribution in [-0.4, -0.2) is 21.7 Å². The minimum absolute atomic E-state index is 0.0278. The van der Waals surface area contributed by atoms with Crippen molar-refractivity contribution in [1.29, 1.82) is 0 Å². The topological polar surface area (TPSA) is 56.1 Å². The monoisotopic (exact) mass is 473 g/mol. The van der Waals surface area contributed by atoms with Crippen LogP contribution in [0, 0.1) is 25.1 Å². The Hall–Kier alpha value is -3.67. The zero-order valence-electron chi connectivity index (χ0n) is 21.1. The number of carbonyl (C=O) groups excluding carboxylic acids is 1. The molecule has 4 aromatic rings. The molecule has 182 valence electrons. The Kier molecular flexibility index (Phi) is 6.66. The highest BCUT2D eigenvalue weighted by atomic mass is 19.1. The lowest BCUT2D eigenvalue weighted by atomic mass is 9.93. The fourth-order valence-corrected chi connectivity index (χ4v) is 4.02. The van der Waals surface area contributed by atoms with Crippen LogP contribution >= 0.6 is 0 Å². The van der Waals surface area contributed by atoms with Crippen molar-refractivity contribution in [3.8, 4) is 11.4 Å². The van der Waals surface area contributed by atoms with Gasteiger partial charge in [-0.2, -0.15) is 5.10 Å². The van der Waals surface area contributed by atoms with E-state index in [-0.39, 0.29) is 23.9 Å². The van der Waals surface area contributed by atoms with Gasteiger partial charge in [0.1, 0.15) is 17.7 Å². The number of aromatic nitrogens is 2. The van der Waals surface area contributed by atoms with Crippen molar-refractivity contribution < 1.29 is 13.9 Å². The number of nitrogens with zero attached hydrogens (tertiary/aromatic N) is 2. The van der Waals surface area contributed by atoms with E-state index < -0.39 is 5.41 Å². The molecule has 1 aromatic heterocycles. The number of amides is 1. The number of rotatable bonds is 6. The van der Waals surface area contributed by atoms with Gasteiger partial charge in [0.15, 0.2) is 0 Å². The van der Waals surface area contributed by atoms with Crippen molar-refractivity contribution in [2.45, 2.75) is 53.7 Å². The van der Waals surface area contributed by atoms with Crippen LogP contribution in [0.15, 0.2) is 66.9 Å². The Morgan fingerprint density at radius 2 is 1.74 bits per heavy atom. The van der Waals surface area contributed by atoms with Gasteiger partial charge in [-0.1, -0.05) is 44.5 Å². The molecular weight excluding hydrogens is 441 g/mol. The van der Waals surface area contributed by atoms with E-state index in [1.807, 2.05) is 52.8 Å². The minimum Gasteiger partial charge on any atom is -0.484 e. The normalized spacial score (nSPS) is 13.5. The summed E-state index contributed by atoms with van der Waals surface area (Å²) in [4.78, 5) is 12.7. The van der Waals surface area contributed by atoms with Crippen molar-refractivity contribution in [3.63, 3.8) is 0 Å². The van der Waals surface area contributed by atoms with Crippen LogP contribution < -0.4 is 10.1 Å². The molecule has 1 N–H and O–H groups in total. The van der Waals surface area contributed by atoms with Crippen molar-refractivity contribution in [3.05, 3.63) is 89.4 Å². The highest BCUT2D eigenvalue weighted by Gasteiger charge is 2.29. The maximum Gasteiger partial charge on any atom is 0.225 e. The maximum atomic E-state index is 13.3. The van der Waals surface area contributed by atoms with Gasteiger partial charge in [0, 0.05) is 10.8 Å². The van der Waals surface area contributed by atoms with Crippen molar-refractivity contribution in [2.24, 2.45) is 5.41 Å². The number of carbonyl (C=O) groups is 1. The van der Waals surface area contributed by atoms with Gasteiger partial charge in [0.05, 0.1) is 23.4 Å². The fraction of sp³-hybridized carbons (Fsp3) is 0.310. The zero-order valence-corrected chi connectivity index (χ0v) is 21.1. The molecule has 0 spiro atoms. The third-order valence-electron chi connectivity index (χ3n) is 6.11. The zero-order chi connectivity index (χ0) is 25.3. The molecule has 1 heterocycles. The van der Waals surface area contributed by atoms with Gasteiger partial charge in [0.25, 0.3) is 0 Å². The lowest BCUT2D eigenvalue weighted by molar-refractivity contribution is -0.129. The predicted molar refractivity (Wildman–Crippen MR) is 137 cm³/mol. The first-order valence-corrected chi connectivity index (χ1v) is 11.8. The Labute approximate surface area is 205 Å². The lowest BCUT2D eigenvalue weighted by Gasteiger charge is -2.30. The van der Waals surface area contributed by atoms with Gasteiger partial charge < -0.3 is 10.1 Å². The molecule has 2 atom stereocenters. The number of ether oxygens (including phenoxy) is 1. The van der Waals surface area contributed by atoms with Crippen LogP contribution in [-0.2, 0) is 4.79 Å². The maximum absolute atomic E-state index is 13.3. The molecule has 2 unspecified atom stereocenters. The summed E-state index contributed by atoms with van der Waals surface area (Å²) in [6, 6.07) is 18.0. The minimum atomic E-state index is -0.506. The largest absolute Gasteiger partial charge is 0.484 e. The summed E-state index contributed by atoms with van der Waals surface area (Å²) in [6.07, 6.45) is 1.38. The molecular formula is C29H32FN3O2. The molecule has 0 aliphatic rings. The van der Waals surface area contributed by atoms with Gasteiger partial charge in [0.2, 0.25) is 5.91 Å². The van der Waals surface area contributed by atoms with Crippen LogP contribution in [0.25, 0.3) is 16.6 Å². The third kappa shape index (κ3) is 5.37. The Morgan fingerprint density at radius 3 is 2.43 bits per heavy atom. The van der Waals surface area contributed by atoms with Crippen molar-refractivity contribution >= 4 is 16.8 Å². The average Bonchev–Trinajstić information content (AvgIpc) is 3.22. The number of halogens is 1. The number of fused-ring (bicyclic) bond motifs is 1. The molecule has 0 saturated heterocycles. The van der Waals surface area contributed by atoms with Crippen molar-refractivity contribution in [1.82, 2.24) is 15.1 Å². The molecule has 0 bridgehead atoms. The SMILES string of the molecule is Cc1ccc(C)c(C(Oc2ccc3c(cnn3-c3ccc(F)cc3)c2)C(C)NC(=O)C(C)(C)C)c1. The summed E-state index contributed by atoms with van der Waals surface area (Å²) >= 11 is 0. The Morgan fingerprint density at radius 1 is 1.03 bits per heavy atom. The highest BCUT2D eigenvalue weighted by Crippen LogP contribution is 2.31. The van der Waals surface area contributed by atoms with Gasteiger partial charge in [-0.15, -0.1) is 0 Å². The van der Waals surface area contributed by atoms with Crippen LogP contribution in [0.5, 0.6) is 5.75 Å². The summed E-state index contributed by atoms with van der Waals surface area (Å²) in [5.41, 5.74) is 4.43. The van der Waals surface area contributed by atoms with Crippen LogP contribution in [0.4, 0.5) is 4.39 Å². The molecule has 35 heavy (non-hydrogen) atoms. The van der Waals surface area contributed by atoms with Gasteiger partial charge in [-0.05, 0) is 74.4 Å². The quantitative estimate of drug-likeness (QED) is 0.350. The lowest BCUT2D eigenvalue weighted by Crippen LogP contribution is -2.44. The molecule has 0 aliphatic heterocycles. The summed E-state index contributed by atoms with van der Waals surface area (Å²) in [7, 11) is 0. The standard InChI is InChI=1S/C29H32FN3O2/c1-18-7-8-19(2)25(15-18)27(20(3)32-28(34)29(4,5)6)35-24-13-14-26-21(16-24)17-31-33(26)23-11-9-22(30)10-12-23/h7-17,20,27H,1-6H3,(H,32,34). The number of hydrogen-bond acceptors (Lipinski definition) is 3. The van der Waals surface area contributed by atoms with E-state index in [0.717, 1.165) is 33.3 Å². The van der Waals surface area contributed by atoms with E-state index in [1.54, 1.807) is 23.0 Å². The third-order valence-corrected chi connectivity index (χ3v) is 6.11. The molecule has 0 aliphatic carbocycles. The second-order valence-corrected chi connectivity index (χ2v) is 10.2. The number of hydrogen-bond donors (Lipinski definition) is 1. The first kappa shape index (κ1) is 24.5. The second kappa shape index (κ2) is 9.53. The number of nitrogens with one attached hydrogen (secondary N) is 1. The van der Waals surface area contributed by atoms with E-state index in [1.165, 1.54) is 12.1 Å². The number of aryl methyl sites for hydroxylation is 2. The van der Waals surface area contributed by atoms with E-state index in [0.29, 0.717) is 5.75 Å². The summed E-state index contributed by atoms with van der Waals surface area (Å²) in [5, 5.41) is 8.53. The molecule has 4 rings (SSSR count). The highest BCUT2D eigenvalue weighted by molar-refractivity contribution is 5.82. The van der Waals surface area contributed by atoms with Crippen molar-refractivity contribution in [2.75, 3.05) is 0 Å². The summed E-state index contributed by atoms with van der Waals surface area (Å²) in [6.45, 7) is 11.8. The average molecular weight is 474 g/mol. The molecule has 1 amide bonds. The first-order chi connectivity index (χ1) is 16.5. The van der Waals surface area contributed by atoms with Crippen LogP contribution in [0.1, 0.15) is 50.5 Å². The van der Waals surface area contributed by atoms with Gasteiger partial charge in [-0.3, -0.25) is 4.79 Å². The molecule has 3 aromatic carbocycles. The summed E-state index contributed by atoms with van der Waals surface area (Å²) in [5.74, 6) is 0.366. The second-order valence-electron chi connectivity index (χ2n) is 10.2. The molecule has 0 fully saturated rings. The Balaban J connectivity index is 1.68. The molecule has 0 saturated carbocycles. The molecule has 5 nitrogen and oxygen atoms in total. The fourth-order valence-electron chi connectivity index (χ4n) is 4.02. The van der Waals surface area contributed by atoms with E-state index in [9.17, 15) is 9.18 Å². The predicted octanol–water partition coefficient (Wildman–Crippen LogP) is 6.45. The van der Waals surface area contributed by atoms with E-state index in [2.05, 4.69) is 35.5 Å². The smallest absolute Gasteiger partial charge is 0.225 e. The summed E-state index contributed by atoms with van der Waals surface area (Å²) < 4.78 is 21.7. The first-order valence-electron chi connectivity index (χ1n) is 11.8. The van der Waals surface area contributed by atoms with E-state index >= 15 is 0 Å². The van der Waals surface area contributed by atoms with Gasteiger partial charge in [-0.25, -0.2) is 9.07 Å². The Bertz CT molecular complexity index is 1350. The van der Waals surface area contributed by atoms with Crippen LogP contribution in [0.3, 0.4) is 0 Å². The van der Waals surface area contributed by atoms with Crippen LogP contribution in [0.2, 0.25) is 0 Å². The molecule has 0 radical (unpaired) electrons. The van der Waals surface area contributed by atoms with E-state index in [4.69, 9.17) is 4.74 Å². The molecule has 6 heteroatoms. The number of benzene rings is 3.